The van der Waals surface area contributed by atoms with Crippen molar-refractivity contribution in [2.45, 2.75) is 99.5 Å². The van der Waals surface area contributed by atoms with Gasteiger partial charge in [-0.1, -0.05) is 93.5 Å². The van der Waals surface area contributed by atoms with Gasteiger partial charge in [0.25, 0.3) is 0 Å². The van der Waals surface area contributed by atoms with Crippen molar-refractivity contribution in [1.82, 2.24) is 29.3 Å². The van der Waals surface area contributed by atoms with Crippen LogP contribution in [-0.2, 0) is 52.5 Å². The molecule has 3 heterocycles. The molecule has 6 aromatic carbocycles. The van der Waals surface area contributed by atoms with Crippen LogP contribution in [0.2, 0.25) is 15.1 Å². The summed E-state index contributed by atoms with van der Waals surface area (Å²) in [6.45, 7) is 7.58. The minimum atomic E-state index is -4.60. The van der Waals surface area contributed by atoms with Gasteiger partial charge in [-0.05, 0) is 130 Å². The molecule has 27 heteroatoms. The van der Waals surface area contributed by atoms with Crippen LogP contribution in [0.4, 0.5) is 39.5 Å². The van der Waals surface area contributed by atoms with Crippen molar-refractivity contribution in [3.63, 3.8) is 0 Å². The van der Waals surface area contributed by atoms with Crippen molar-refractivity contribution < 1.29 is 83.4 Å². The molecule has 0 saturated heterocycles. The number of nitrogens with zero attached hydrogens (tertiary/aromatic N) is 6. The fourth-order valence-corrected chi connectivity index (χ4v) is 8.77. The van der Waals surface area contributed by atoms with E-state index in [1.807, 2.05) is 20.8 Å². The van der Waals surface area contributed by atoms with Crippen LogP contribution in [0.25, 0.3) is 33.8 Å². The van der Waals surface area contributed by atoms with Gasteiger partial charge in [-0.3, -0.25) is 14.0 Å². The molecule has 0 bridgehead atoms. The third-order valence-electron chi connectivity index (χ3n) is 12.5. The first-order chi connectivity index (χ1) is 41.1. The summed E-state index contributed by atoms with van der Waals surface area (Å²) < 4.78 is 139. The quantitative estimate of drug-likeness (QED) is 0.0690. The Kier molecular flexibility index (Phi) is 25.7. The number of hydrogen-bond acceptors (Lipinski definition) is 9. The Morgan fingerprint density at radius 2 is 0.656 bits per heavy atom. The Balaban J connectivity index is 0.000000284. The van der Waals surface area contributed by atoms with Gasteiger partial charge in [-0.2, -0.15) is 54.8 Å². The Bertz CT molecular complexity index is 3500. The SMILES string of the molecule is C.C.C.CCn1ccc(-c2cc(Cl)ccc2OC(C(=O)O)c2cccc(C(F)(F)F)c2)n1.CCn1ccc(-c2cc(Cl)ccc2OC(C(=O)O)c2cccc(C(F)(F)F)c2)n1.CCn1ccc(-c2cc(Cl)ccc2OC(C(=O)O)c2cccc(C(F)(F)F)c2)n1. The zero-order chi connectivity index (χ0) is 63.5. The van der Waals surface area contributed by atoms with Crippen LogP contribution in [0.3, 0.4) is 0 Å². The van der Waals surface area contributed by atoms with Crippen molar-refractivity contribution in [1.29, 1.82) is 0 Å². The fourth-order valence-electron chi connectivity index (χ4n) is 8.26. The lowest BCUT2D eigenvalue weighted by atomic mass is 10.0. The van der Waals surface area contributed by atoms with Gasteiger partial charge in [0.05, 0.1) is 33.8 Å². The summed E-state index contributed by atoms with van der Waals surface area (Å²) in [5.41, 5.74) is -0.470. The Morgan fingerprint density at radius 3 is 0.856 bits per heavy atom. The monoisotopic (exact) mass is 1320 g/mol. The van der Waals surface area contributed by atoms with Gasteiger partial charge in [0.1, 0.15) is 17.2 Å². The first-order valence-electron chi connectivity index (χ1n) is 25.8. The molecule has 0 aliphatic rings. The number of ether oxygens (including phenoxy) is 3. The largest absolute Gasteiger partial charge is 0.478 e. The van der Waals surface area contributed by atoms with E-state index in [0.29, 0.717) is 68.5 Å². The van der Waals surface area contributed by atoms with E-state index in [1.165, 1.54) is 54.6 Å². The van der Waals surface area contributed by atoms with E-state index in [0.717, 1.165) is 54.6 Å². The molecule has 15 nitrogen and oxygen atoms in total. The average molecular weight is 1320 g/mol. The van der Waals surface area contributed by atoms with E-state index in [4.69, 9.17) is 49.0 Å². The van der Waals surface area contributed by atoms with Crippen LogP contribution >= 0.6 is 34.8 Å². The van der Waals surface area contributed by atoms with Crippen molar-refractivity contribution in [2.24, 2.45) is 0 Å². The van der Waals surface area contributed by atoms with Crippen molar-refractivity contribution in [2.75, 3.05) is 0 Å². The van der Waals surface area contributed by atoms with Gasteiger partial charge in [-0.15, -0.1) is 0 Å². The van der Waals surface area contributed by atoms with Crippen molar-refractivity contribution in [3.8, 4) is 51.0 Å². The Hall–Kier alpha value is -9.00. The van der Waals surface area contributed by atoms with E-state index in [1.54, 1.807) is 69.0 Å². The topological polar surface area (TPSA) is 193 Å². The molecule has 3 aromatic heterocycles. The number of carboxylic acids is 3. The average Bonchev–Trinajstić information content (AvgIpc) is 2.11. The van der Waals surface area contributed by atoms with Gasteiger partial charge >= 0.3 is 36.4 Å². The molecule has 0 radical (unpaired) electrons. The number of benzene rings is 6. The molecule has 480 valence electrons. The second-order valence-corrected chi connectivity index (χ2v) is 19.8. The Morgan fingerprint density at radius 1 is 0.411 bits per heavy atom. The molecule has 3 N–H and O–H groups in total. The molecule has 0 aliphatic carbocycles. The molecule has 9 aromatic rings. The minimum absolute atomic E-state index is 0. The van der Waals surface area contributed by atoms with Gasteiger partial charge in [-0.25, -0.2) is 14.4 Å². The molecule has 0 saturated carbocycles. The van der Waals surface area contributed by atoms with Gasteiger partial charge in [0.2, 0.25) is 18.3 Å². The first-order valence-corrected chi connectivity index (χ1v) is 26.9. The molecule has 3 atom stereocenters. The molecular formula is C63H60Cl3F9N6O9. The number of aromatic nitrogens is 6. The lowest BCUT2D eigenvalue weighted by Crippen LogP contribution is -2.19. The maximum atomic E-state index is 13.0. The van der Waals surface area contributed by atoms with Crippen LogP contribution in [-0.4, -0.2) is 62.6 Å². The van der Waals surface area contributed by atoms with E-state index < -0.39 is 71.4 Å². The van der Waals surface area contributed by atoms with Crippen LogP contribution in [0.1, 0.15) is 94.7 Å². The highest BCUT2D eigenvalue weighted by Gasteiger charge is 2.36. The minimum Gasteiger partial charge on any atom is -0.478 e. The maximum Gasteiger partial charge on any atom is 0.416 e. The van der Waals surface area contributed by atoms with Gasteiger partial charge in [0.15, 0.2) is 0 Å². The maximum absolute atomic E-state index is 13.0. The van der Waals surface area contributed by atoms with Crippen molar-refractivity contribution in [3.05, 3.63) is 213 Å². The van der Waals surface area contributed by atoms with E-state index in [-0.39, 0.29) is 56.2 Å². The van der Waals surface area contributed by atoms with Crippen LogP contribution in [0.5, 0.6) is 17.2 Å². The molecule has 0 aliphatic heterocycles. The third-order valence-corrected chi connectivity index (χ3v) is 13.2. The van der Waals surface area contributed by atoms with E-state index in [2.05, 4.69) is 15.3 Å². The number of carboxylic acid groups (broad SMARTS) is 3. The standard InChI is InChI=1S/3C20H16ClF3N2O3.3CH4/c3*1-2-26-9-8-16(25-26)15-11-14(21)6-7-17(15)29-18(19(27)28)12-4-3-5-13(10-12)20(22,23)24;;;/h3*3-11,18H,2H2,1H3,(H,27,28);3*1H4. The highest BCUT2D eigenvalue weighted by Crippen LogP contribution is 2.40. The molecule has 0 spiro atoms. The number of halogens is 12. The lowest BCUT2D eigenvalue weighted by molar-refractivity contribution is -0.146. The summed E-state index contributed by atoms with van der Waals surface area (Å²) in [4.78, 5) is 35.3. The molecule has 9 rings (SSSR count). The number of aryl methyl sites for hydroxylation is 3. The smallest absolute Gasteiger partial charge is 0.416 e. The summed E-state index contributed by atoms with van der Waals surface area (Å²) >= 11 is 18.2. The summed E-state index contributed by atoms with van der Waals surface area (Å²) in [6.07, 6.45) is -13.5. The van der Waals surface area contributed by atoms with Gasteiger partial charge in [0, 0.05) is 86.7 Å². The molecular weight excluding hydrogens is 1260 g/mol. The van der Waals surface area contributed by atoms with Crippen LogP contribution < -0.4 is 14.2 Å². The first kappa shape index (κ1) is 73.5. The van der Waals surface area contributed by atoms with Crippen LogP contribution in [0.15, 0.2) is 164 Å². The molecule has 0 fully saturated rings. The van der Waals surface area contributed by atoms with Crippen LogP contribution in [0, 0.1) is 0 Å². The van der Waals surface area contributed by atoms with E-state index in [9.17, 15) is 69.2 Å². The zero-order valence-electron chi connectivity index (χ0n) is 45.5. The van der Waals surface area contributed by atoms with E-state index >= 15 is 0 Å². The second-order valence-electron chi connectivity index (χ2n) is 18.5. The number of aliphatic carboxylic acids is 3. The second kappa shape index (κ2) is 31.4. The van der Waals surface area contributed by atoms with Gasteiger partial charge < -0.3 is 29.5 Å². The number of alkyl halides is 9. The predicted molar refractivity (Wildman–Crippen MR) is 323 cm³/mol. The number of rotatable bonds is 18. The van der Waals surface area contributed by atoms with Crippen molar-refractivity contribution >= 4 is 52.7 Å². The highest BCUT2D eigenvalue weighted by atomic mass is 35.5. The fraction of sp³-hybridized carbons (Fsp3) is 0.238. The summed E-state index contributed by atoms with van der Waals surface area (Å²) in [7, 11) is 0. The summed E-state index contributed by atoms with van der Waals surface area (Å²) in [5.74, 6) is -3.86. The Labute approximate surface area is 526 Å². The summed E-state index contributed by atoms with van der Waals surface area (Å²) in [5, 5.41) is 43.0. The predicted octanol–water partition coefficient (Wildman–Crippen LogP) is 18.2. The normalized spacial score (nSPS) is 12.2. The molecule has 0 amide bonds. The molecule has 90 heavy (non-hydrogen) atoms. The third kappa shape index (κ3) is 19.0. The lowest BCUT2D eigenvalue weighted by Gasteiger charge is -2.19. The molecule has 3 unspecified atom stereocenters. The number of carbonyl (C=O) groups is 3. The zero-order valence-corrected chi connectivity index (χ0v) is 47.7. The highest BCUT2D eigenvalue weighted by molar-refractivity contribution is 6.31. The number of hydrogen-bond donors (Lipinski definition) is 3. The summed E-state index contributed by atoms with van der Waals surface area (Å²) in [6, 6.07) is 30.9.